The maximum atomic E-state index is 9.46. The normalized spacial score (nSPS) is 11.7. The monoisotopic (exact) mass is 484 g/mol. The van der Waals surface area contributed by atoms with Crippen LogP contribution in [0.25, 0.3) is 54.3 Å². The topological polar surface area (TPSA) is 40.2 Å². The minimum Gasteiger partial charge on any atom is -0.454 e. The Bertz CT molecular complexity index is 2200. The molecule has 0 radical (unpaired) electrons. The second-order valence-electron chi connectivity index (χ2n) is 9.69. The van der Waals surface area contributed by atoms with E-state index in [1.54, 1.807) is 0 Å². The summed E-state index contributed by atoms with van der Waals surface area (Å²) in [6.45, 7) is 0. The van der Waals surface area contributed by atoms with Crippen molar-refractivity contribution in [1.29, 1.82) is 5.26 Å². The summed E-state index contributed by atoms with van der Waals surface area (Å²) in [7, 11) is 0. The molecule has 0 bridgehead atoms. The molecule has 8 rings (SSSR count). The Kier molecular flexibility index (Phi) is 4.29. The maximum absolute atomic E-state index is 9.46. The maximum Gasteiger partial charge on any atom is 0.159 e. The molecule has 0 aliphatic carbocycles. The van der Waals surface area contributed by atoms with Gasteiger partial charge < -0.3 is 9.32 Å². The average Bonchev–Trinajstić information content (AvgIpc) is 3.36. The molecule has 7 aromatic carbocycles. The molecule has 1 aromatic heterocycles. The first-order valence-electron chi connectivity index (χ1n) is 12.7. The highest BCUT2D eigenvalue weighted by Gasteiger charge is 2.22. The number of fused-ring (bicyclic) bond motifs is 3. The zero-order chi connectivity index (χ0) is 25.2. The van der Waals surface area contributed by atoms with Crippen LogP contribution in [-0.2, 0) is 0 Å². The number of nitrogens with zero attached hydrogens (tertiary/aromatic N) is 2. The van der Waals surface area contributed by atoms with Gasteiger partial charge in [0.2, 0.25) is 0 Å². The molecule has 3 heteroatoms. The lowest BCUT2D eigenvalue weighted by Crippen LogP contribution is -2.11. The first-order chi connectivity index (χ1) is 18.8. The predicted molar refractivity (Wildman–Crippen MR) is 157 cm³/mol. The first kappa shape index (κ1) is 20.8. The molecule has 0 aliphatic rings. The molecule has 0 spiro atoms. The number of hydrogen-bond donors (Lipinski definition) is 0. The lowest BCUT2D eigenvalue weighted by Gasteiger charge is -2.28. The second-order valence-corrected chi connectivity index (χ2v) is 9.69. The van der Waals surface area contributed by atoms with Crippen molar-refractivity contribution in [3.05, 3.63) is 127 Å². The Balaban J connectivity index is 1.52. The molecule has 0 saturated heterocycles. The number of para-hydroxylation sites is 2. The van der Waals surface area contributed by atoms with Gasteiger partial charge in [0.05, 0.1) is 23.0 Å². The van der Waals surface area contributed by atoms with Crippen molar-refractivity contribution in [1.82, 2.24) is 0 Å². The van der Waals surface area contributed by atoms with Crippen LogP contribution >= 0.6 is 0 Å². The quantitative estimate of drug-likeness (QED) is 0.234. The highest BCUT2D eigenvalue weighted by atomic mass is 16.3. The summed E-state index contributed by atoms with van der Waals surface area (Å²) < 4.78 is 6.50. The summed E-state index contributed by atoms with van der Waals surface area (Å²) in [6.07, 6.45) is 0. The summed E-state index contributed by atoms with van der Waals surface area (Å²) in [4.78, 5) is 2.27. The molecule has 8 aromatic rings. The number of nitriles is 1. The number of rotatable bonds is 3. The fraction of sp³-hybridized carbons (Fsp3) is 0. The number of anilines is 3. The van der Waals surface area contributed by atoms with E-state index in [2.05, 4.69) is 89.8 Å². The molecular weight excluding hydrogens is 464 g/mol. The lowest BCUT2D eigenvalue weighted by molar-refractivity contribution is 0.669. The van der Waals surface area contributed by atoms with Gasteiger partial charge in [-0.3, -0.25) is 0 Å². The minimum absolute atomic E-state index is 0.630. The van der Waals surface area contributed by atoms with Crippen molar-refractivity contribution >= 4 is 71.3 Å². The van der Waals surface area contributed by atoms with Crippen molar-refractivity contribution in [2.75, 3.05) is 4.90 Å². The average molecular weight is 485 g/mol. The van der Waals surface area contributed by atoms with Crippen molar-refractivity contribution in [3.8, 4) is 6.07 Å². The first-order valence-corrected chi connectivity index (χ1v) is 12.7. The van der Waals surface area contributed by atoms with Gasteiger partial charge in [0.15, 0.2) is 5.58 Å². The highest BCUT2D eigenvalue weighted by molar-refractivity contribution is 6.27. The molecule has 0 N–H and O–H groups in total. The molecule has 3 nitrogen and oxygen atoms in total. The van der Waals surface area contributed by atoms with Crippen LogP contribution < -0.4 is 4.90 Å². The molecule has 0 atom stereocenters. The molecule has 38 heavy (non-hydrogen) atoms. The summed E-state index contributed by atoms with van der Waals surface area (Å²) in [5.74, 6) is 0. The third-order valence-corrected chi connectivity index (χ3v) is 7.61. The SMILES string of the molecule is N#Cc1ccc(N(c2cc3cccc4ccc5cccc2c5c43)c2cccc3c2oc2ccccc23)cc1. The minimum atomic E-state index is 0.630. The van der Waals surface area contributed by atoms with Crippen LogP contribution in [0.15, 0.2) is 126 Å². The number of hydrogen-bond acceptors (Lipinski definition) is 3. The molecule has 0 amide bonds. The van der Waals surface area contributed by atoms with Crippen molar-refractivity contribution < 1.29 is 4.42 Å². The van der Waals surface area contributed by atoms with Gasteiger partial charge in [0.25, 0.3) is 0 Å². The standard InChI is InChI=1S/C35H20N2O/c36-21-22-14-18-26(19-15-22)37(30-12-5-10-28-27-9-1-2-13-32(27)38-35(28)30)31-20-25-8-3-6-23-16-17-24-7-4-11-29(31)34(24)33(23)25/h1-20H. The van der Waals surface area contributed by atoms with Crippen LogP contribution in [-0.4, -0.2) is 0 Å². The summed E-state index contributed by atoms with van der Waals surface area (Å²) in [6, 6.07) is 44.2. The summed E-state index contributed by atoms with van der Waals surface area (Å²) >= 11 is 0. The van der Waals surface area contributed by atoms with Gasteiger partial charge >= 0.3 is 0 Å². The molecule has 0 fully saturated rings. The van der Waals surface area contributed by atoms with E-state index < -0.39 is 0 Å². The van der Waals surface area contributed by atoms with Crippen LogP contribution in [0.3, 0.4) is 0 Å². The van der Waals surface area contributed by atoms with E-state index in [0.717, 1.165) is 39.0 Å². The Morgan fingerprint density at radius 1 is 0.553 bits per heavy atom. The van der Waals surface area contributed by atoms with Gasteiger partial charge in [-0.1, -0.05) is 78.9 Å². The highest BCUT2D eigenvalue weighted by Crippen LogP contribution is 2.47. The second kappa shape index (κ2) is 7.83. The van der Waals surface area contributed by atoms with E-state index in [1.165, 1.54) is 32.3 Å². The van der Waals surface area contributed by atoms with Crippen molar-refractivity contribution in [2.45, 2.75) is 0 Å². The third-order valence-electron chi connectivity index (χ3n) is 7.61. The molecular formula is C35H20N2O. The summed E-state index contributed by atoms with van der Waals surface area (Å²) in [5.41, 5.74) is 5.32. The Morgan fingerprint density at radius 2 is 1.24 bits per heavy atom. The fourth-order valence-electron chi connectivity index (χ4n) is 5.93. The van der Waals surface area contributed by atoms with Gasteiger partial charge in [0.1, 0.15) is 5.58 Å². The van der Waals surface area contributed by atoms with Crippen LogP contribution in [0.2, 0.25) is 0 Å². The molecule has 0 unspecified atom stereocenters. The molecule has 0 aliphatic heterocycles. The Hall–Kier alpha value is -5.33. The number of benzene rings is 7. The van der Waals surface area contributed by atoms with E-state index >= 15 is 0 Å². The molecule has 176 valence electrons. The van der Waals surface area contributed by atoms with Gasteiger partial charge in [0, 0.05) is 21.8 Å². The van der Waals surface area contributed by atoms with E-state index in [4.69, 9.17) is 4.42 Å². The zero-order valence-corrected chi connectivity index (χ0v) is 20.3. The van der Waals surface area contributed by atoms with Crippen LogP contribution in [0, 0.1) is 11.3 Å². The van der Waals surface area contributed by atoms with Gasteiger partial charge in [-0.05, 0) is 69.4 Å². The van der Waals surface area contributed by atoms with E-state index in [0.29, 0.717) is 5.56 Å². The molecule has 1 heterocycles. The van der Waals surface area contributed by atoms with Gasteiger partial charge in [-0.2, -0.15) is 5.26 Å². The lowest BCUT2D eigenvalue weighted by atomic mass is 9.92. The van der Waals surface area contributed by atoms with Crippen LogP contribution in [0.4, 0.5) is 17.1 Å². The largest absolute Gasteiger partial charge is 0.454 e. The fourth-order valence-corrected chi connectivity index (χ4v) is 5.93. The Labute approximate surface area is 218 Å². The Morgan fingerprint density at radius 3 is 2.08 bits per heavy atom. The van der Waals surface area contributed by atoms with E-state index in [1.807, 2.05) is 42.5 Å². The smallest absolute Gasteiger partial charge is 0.159 e. The number of furan rings is 1. The third kappa shape index (κ3) is 2.89. The van der Waals surface area contributed by atoms with Crippen LogP contribution in [0.5, 0.6) is 0 Å². The van der Waals surface area contributed by atoms with Crippen molar-refractivity contribution in [3.63, 3.8) is 0 Å². The predicted octanol–water partition coefficient (Wildman–Crippen LogP) is 9.82. The zero-order valence-electron chi connectivity index (χ0n) is 20.3. The molecule has 0 saturated carbocycles. The van der Waals surface area contributed by atoms with E-state index in [9.17, 15) is 5.26 Å². The summed E-state index contributed by atoms with van der Waals surface area (Å²) in [5, 5.41) is 19.0. The van der Waals surface area contributed by atoms with E-state index in [-0.39, 0.29) is 0 Å². The van der Waals surface area contributed by atoms with Crippen molar-refractivity contribution in [2.24, 2.45) is 0 Å². The van der Waals surface area contributed by atoms with Gasteiger partial charge in [-0.25, -0.2) is 0 Å². The van der Waals surface area contributed by atoms with Gasteiger partial charge in [-0.15, -0.1) is 0 Å². The van der Waals surface area contributed by atoms with Crippen LogP contribution in [0.1, 0.15) is 5.56 Å².